The molecule has 1 aliphatic carbocycles. The minimum atomic E-state index is 0.219. The van der Waals surface area contributed by atoms with E-state index in [0.29, 0.717) is 12.5 Å². The molecule has 1 N–H and O–H groups in total. The van der Waals surface area contributed by atoms with Crippen molar-refractivity contribution in [2.75, 3.05) is 0 Å². The van der Waals surface area contributed by atoms with E-state index in [2.05, 4.69) is 12.2 Å². The highest BCUT2D eigenvalue weighted by Crippen LogP contribution is 2.28. The third-order valence-electron chi connectivity index (χ3n) is 1.93. The molecule has 1 aliphatic rings. The minimum Gasteiger partial charge on any atom is -0.353 e. The zero-order valence-electron chi connectivity index (χ0n) is 6.68. The average Bonchev–Trinajstić information content (AvgIpc) is 2.47. The molecule has 0 unspecified atom stereocenters. The van der Waals surface area contributed by atoms with E-state index in [1.54, 1.807) is 0 Å². The number of amides is 1. The lowest BCUT2D eigenvalue weighted by atomic mass is 10.3. The summed E-state index contributed by atoms with van der Waals surface area (Å²) in [7, 11) is 0. The maximum atomic E-state index is 10.9. The number of carbonyl (C=O) groups is 1. The van der Waals surface area contributed by atoms with E-state index in [0.717, 1.165) is 12.3 Å². The zero-order chi connectivity index (χ0) is 7.56. The molecule has 0 spiro atoms. The minimum absolute atomic E-state index is 0.219. The maximum Gasteiger partial charge on any atom is 0.220 e. The predicted molar refractivity (Wildman–Crippen MR) is 40.6 cm³/mol. The fraction of sp³-hybridized carbons (Fsp3) is 0.875. The van der Waals surface area contributed by atoms with Crippen molar-refractivity contribution in [3.05, 3.63) is 0 Å². The Bertz CT molecular complexity index is 133. The molecule has 10 heavy (non-hydrogen) atoms. The molecular formula is C8H15NO. The van der Waals surface area contributed by atoms with Gasteiger partial charge in [0.1, 0.15) is 0 Å². The van der Waals surface area contributed by atoms with E-state index in [9.17, 15) is 4.79 Å². The molecule has 2 atom stereocenters. The summed E-state index contributed by atoms with van der Waals surface area (Å²) in [4.78, 5) is 10.9. The molecule has 0 aromatic rings. The highest BCUT2D eigenvalue weighted by Gasteiger charge is 2.33. The molecule has 0 bridgehead atoms. The molecular weight excluding hydrogens is 126 g/mol. The topological polar surface area (TPSA) is 29.1 Å². The number of nitrogens with one attached hydrogen (secondary N) is 1. The maximum absolute atomic E-state index is 10.9. The Kier molecular flexibility index (Phi) is 2.30. The fourth-order valence-corrected chi connectivity index (χ4v) is 1.03. The summed E-state index contributed by atoms with van der Waals surface area (Å²) in [5, 5.41) is 2.97. The van der Waals surface area contributed by atoms with Crippen molar-refractivity contribution >= 4 is 5.91 Å². The summed E-state index contributed by atoms with van der Waals surface area (Å²) in [6.07, 6.45) is 2.81. The van der Waals surface area contributed by atoms with Crippen LogP contribution in [0.1, 0.15) is 33.1 Å². The fourth-order valence-electron chi connectivity index (χ4n) is 1.03. The van der Waals surface area contributed by atoms with Crippen molar-refractivity contribution in [3.8, 4) is 0 Å². The molecule has 58 valence electrons. The first-order valence-electron chi connectivity index (χ1n) is 4.03. The molecule has 0 aliphatic heterocycles. The van der Waals surface area contributed by atoms with Crippen LogP contribution in [0.4, 0.5) is 0 Å². The van der Waals surface area contributed by atoms with Gasteiger partial charge in [0.15, 0.2) is 0 Å². The Morgan fingerprint density at radius 3 is 2.70 bits per heavy atom. The highest BCUT2D eigenvalue weighted by molar-refractivity contribution is 5.76. The molecule has 0 saturated heterocycles. The first-order chi connectivity index (χ1) is 4.74. The molecule has 1 rings (SSSR count). The molecule has 1 saturated carbocycles. The van der Waals surface area contributed by atoms with E-state index in [4.69, 9.17) is 0 Å². The molecule has 2 nitrogen and oxygen atoms in total. The second kappa shape index (κ2) is 3.04. The summed E-state index contributed by atoms with van der Waals surface area (Å²) in [5.41, 5.74) is 0. The second-order valence-corrected chi connectivity index (χ2v) is 3.14. The summed E-state index contributed by atoms with van der Waals surface area (Å²) in [6, 6.07) is 0.499. The van der Waals surface area contributed by atoms with Gasteiger partial charge in [0, 0.05) is 12.5 Å². The van der Waals surface area contributed by atoms with Gasteiger partial charge in [-0.2, -0.15) is 0 Å². The lowest BCUT2D eigenvalue weighted by molar-refractivity contribution is -0.121. The number of hydrogen-bond donors (Lipinski definition) is 1. The third-order valence-corrected chi connectivity index (χ3v) is 1.93. The molecule has 1 fully saturated rings. The smallest absolute Gasteiger partial charge is 0.220 e. The summed E-state index contributed by atoms with van der Waals surface area (Å²) in [5.74, 6) is 0.942. The molecule has 2 heteroatoms. The highest BCUT2D eigenvalue weighted by atomic mass is 16.1. The van der Waals surface area contributed by atoms with E-state index in [1.165, 1.54) is 6.42 Å². The molecule has 0 heterocycles. The lowest BCUT2D eigenvalue weighted by Crippen LogP contribution is -2.25. The Morgan fingerprint density at radius 2 is 2.30 bits per heavy atom. The van der Waals surface area contributed by atoms with Gasteiger partial charge in [-0.25, -0.2) is 0 Å². The van der Waals surface area contributed by atoms with Crippen LogP contribution in [0, 0.1) is 5.92 Å². The molecule has 0 aromatic carbocycles. The van der Waals surface area contributed by atoms with Crippen molar-refractivity contribution in [2.24, 2.45) is 5.92 Å². The molecule has 0 radical (unpaired) electrons. The van der Waals surface area contributed by atoms with Crippen LogP contribution >= 0.6 is 0 Å². The van der Waals surface area contributed by atoms with Crippen molar-refractivity contribution in [1.29, 1.82) is 0 Å². The van der Waals surface area contributed by atoms with Gasteiger partial charge in [-0.15, -0.1) is 0 Å². The van der Waals surface area contributed by atoms with Gasteiger partial charge in [0.25, 0.3) is 0 Å². The van der Waals surface area contributed by atoms with E-state index in [1.807, 2.05) is 6.92 Å². The third kappa shape index (κ3) is 2.01. The van der Waals surface area contributed by atoms with Gasteiger partial charge < -0.3 is 5.32 Å². The van der Waals surface area contributed by atoms with Crippen LogP contribution < -0.4 is 5.32 Å². The predicted octanol–water partition coefficient (Wildman–Crippen LogP) is 1.31. The van der Waals surface area contributed by atoms with Crippen molar-refractivity contribution < 1.29 is 4.79 Å². The SMILES string of the molecule is CCCC(=O)N[C@@H]1C[C@H]1C. The van der Waals surface area contributed by atoms with Gasteiger partial charge in [-0.1, -0.05) is 13.8 Å². The summed E-state index contributed by atoms with van der Waals surface area (Å²) < 4.78 is 0. The number of hydrogen-bond acceptors (Lipinski definition) is 1. The summed E-state index contributed by atoms with van der Waals surface area (Å²) in [6.45, 7) is 4.19. The van der Waals surface area contributed by atoms with Crippen LogP contribution in [0.2, 0.25) is 0 Å². The van der Waals surface area contributed by atoms with Crippen LogP contribution in [0.15, 0.2) is 0 Å². The normalized spacial score (nSPS) is 29.8. The van der Waals surface area contributed by atoms with Crippen LogP contribution in [0.25, 0.3) is 0 Å². The zero-order valence-corrected chi connectivity index (χ0v) is 6.68. The van der Waals surface area contributed by atoms with Gasteiger partial charge in [0.2, 0.25) is 5.91 Å². The van der Waals surface area contributed by atoms with Crippen LogP contribution in [-0.4, -0.2) is 11.9 Å². The van der Waals surface area contributed by atoms with Gasteiger partial charge >= 0.3 is 0 Å². The first kappa shape index (κ1) is 7.58. The summed E-state index contributed by atoms with van der Waals surface area (Å²) >= 11 is 0. The lowest BCUT2D eigenvalue weighted by Gasteiger charge is -2.00. The van der Waals surface area contributed by atoms with Crippen molar-refractivity contribution in [3.63, 3.8) is 0 Å². The van der Waals surface area contributed by atoms with Crippen molar-refractivity contribution in [1.82, 2.24) is 5.32 Å². The van der Waals surface area contributed by atoms with Crippen molar-refractivity contribution in [2.45, 2.75) is 39.2 Å². The van der Waals surface area contributed by atoms with E-state index >= 15 is 0 Å². The van der Waals surface area contributed by atoms with Gasteiger partial charge in [-0.05, 0) is 18.8 Å². The molecule has 1 amide bonds. The number of carbonyl (C=O) groups excluding carboxylic acids is 1. The van der Waals surface area contributed by atoms with Crippen LogP contribution in [-0.2, 0) is 4.79 Å². The van der Waals surface area contributed by atoms with Gasteiger partial charge in [-0.3, -0.25) is 4.79 Å². The second-order valence-electron chi connectivity index (χ2n) is 3.14. The van der Waals surface area contributed by atoms with E-state index < -0.39 is 0 Å². The van der Waals surface area contributed by atoms with Crippen LogP contribution in [0.3, 0.4) is 0 Å². The Morgan fingerprint density at radius 1 is 1.70 bits per heavy atom. The first-order valence-corrected chi connectivity index (χ1v) is 4.03. The average molecular weight is 141 g/mol. The Labute approximate surface area is 62.0 Å². The largest absolute Gasteiger partial charge is 0.353 e. The van der Waals surface area contributed by atoms with Gasteiger partial charge in [0.05, 0.1) is 0 Å². The monoisotopic (exact) mass is 141 g/mol. The molecule has 0 aromatic heterocycles. The standard InChI is InChI=1S/C8H15NO/c1-3-4-8(10)9-7-5-6(7)2/h6-7H,3-5H2,1-2H3,(H,9,10)/t6-,7-/m1/s1. The Balaban J connectivity index is 2.07. The van der Waals surface area contributed by atoms with Crippen LogP contribution in [0.5, 0.6) is 0 Å². The Hall–Kier alpha value is -0.530. The van der Waals surface area contributed by atoms with E-state index in [-0.39, 0.29) is 5.91 Å². The number of rotatable bonds is 3. The quantitative estimate of drug-likeness (QED) is 0.631.